The summed E-state index contributed by atoms with van der Waals surface area (Å²) < 4.78 is 33.7. The summed E-state index contributed by atoms with van der Waals surface area (Å²) in [5.41, 5.74) is 1.40. The molecular weight excluding hydrogens is 493 g/mol. The van der Waals surface area contributed by atoms with Crippen LogP contribution in [-0.4, -0.2) is 32.6 Å². The first-order valence-corrected chi connectivity index (χ1v) is 12.5. The van der Waals surface area contributed by atoms with E-state index in [1.807, 2.05) is 18.2 Å². The molecule has 0 aliphatic carbocycles. The van der Waals surface area contributed by atoms with Gasteiger partial charge < -0.3 is 9.64 Å². The average molecular weight is 513 g/mol. The first-order chi connectivity index (χ1) is 15.3. The fourth-order valence-electron chi connectivity index (χ4n) is 3.50. The third-order valence-corrected chi connectivity index (χ3v) is 7.45. The first kappa shape index (κ1) is 23.0. The first-order valence-electron chi connectivity index (χ1n) is 9.92. The van der Waals surface area contributed by atoms with Gasteiger partial charge in [0.2, 0.25) is 5.88 Å². The van der Waals surface area contributed by atoms with Gasteiger partial charge in [-0.05, 0) is 36.4 Å². The molecule has 0 radical (unpaired) electrons. The third-order valence-electron chi connectivity index (χ3n) is 5.08. The minimum Gasteiger partial charge on any atom is -0.473 e. The van der Waals surface area contributed by atoms with Gasteiger partial charge in [0.1, 0.15) is 16.0 Å². The van der Waals surface area contributed by atoms with Crippen LogP contribution in [0.2, 0.25) is 15.1 Å². The monoisotopic (exact) mass is 511 g/mol. The molecule has 0 unspecified atom stereocenters. The Morgan fingerprint density at radius 2 is 1.69 bits per heavy atom. The number of ether oxygens (including phenoxy) is 1. The molecule has 0 atom stereocenters. The van der Waals surface area contributed by atoms with Crippen LogP contribution in [0.25, 0.3) is 0 Å². The lowest BCUT2D eigenvalue weighted by Crippen LogP contribution is -2.38. The van der Waals surface area contributed by atoms with Crippen LogP contribution in [-0.2, 0) is 10.0 Å². The molecule has 3 aromatic rings. The Balaban J connectivity index is 1.39. The number of nitrogens with one attached hydrogen (secondary N) is 1. The van der Waals surface area contributed by atoms with Crippen LogP contribution in [0, 0.1) is 0 Å². The Hall–Kier alpha value is -2.19. The average Bonchev–Trinajstić information content (AvgIpc) is 2.76. The molecule has 1 fully saturated rings. The number of anilines is 2. The van der Waals surface area contributed by atoms with E-state index in [0.717, 1.165) is 25.9 Å². The van der Waals surface area contributed by atoms with Gasteiger partial charge in [-0.1, -0.05) is 53.0 Å². The Labute approximate surface area is 202 Å². The van der Waals surface area contributed by atoms with Crippen molar-refractivity contribution in [1.82, 2.24) is 4.98 Å². The van der Waals surface area contributed by atoms with Gasteiger partial charge in [-0.3, -0.25) is 4.72 Å². The van der Waals surface area contributed by atoms with E-state index in [1.54, 1.807) is 0 Å². The second-order valence-electron chi connectivity index (χ2n) is 7.33. The Kier molecular flexibility index (Phi) is 7.00. The van der Waals surface area contributed by atoms with Crippen molar-refractivity contribution in [2.75, 3.05) is 22.7 Å². The van der Waals surface area contributed by atoms with Gasteiger partial charge >= 0.3 is 0 Å². The molecule has 4 rings (SSSR count). The highest BCUT2D eigenvalue weighted by Crippen LogP contribution is 2.31. The maximum Gasteiger partial charge on any atom is 0.263 e. The zero-order chi connectivity index (χ0) is 22.7. The van der Waals surface area contributed by atoms with E-state index in [4.69, 9.17) is 39.5 Å². The maximum absolute atomic E-state index is 12.6. The minimum atomic E-state index is -3.94. The number of piperidine rings is 1. The van der Waals surface area contributed by atoms with Crippen LogP contribution in [0.15, 0.2) is 65.7 Å². The maximum atomic E-state index is 12.6. The fraction of sp³-hybridized carbons (Fsp3) is 0.227. The summed E-state index contributed by atoms with van der Waals surface area (Å²) in [5.74, 6) is 0.275. The molecular formula is C22H20Cl3N3O3S. The minimum absolute atomic E-state index is 0.0182. The van der Waals surface area contributed by atoms with Crippen molar-refractivity contribution >= 4 is 56.2 Å². The Morgan fingerprint density at radius 1 is 0.969 bits per heavy atom. The summed E-state index contributed by atoms with van der Waals surface area (Å²) in [6, 6.07) is 15.9. The van der Waals surface area contributed by atoms with Gasteiger partial charge in [0, 0.05) is 36.6 Å². The Morgan fingerprint density at radius 3 is 2.34 bits per heavy atom. The van der Waals surface area contributed by atoms with Crippen molar-refractivity contribution in [1.29, 1.82) is 0 Å². The molecule has 168 valence electrons. The predicted octanol–water partition coefficient (Wildman–Crippen LogP) is 5.89. The number of hydrogen-bond donors (Lipinski definition) is 1. The quantitative estimate of drug-likeness (QED) is 0.446. The van der Waals surface area contributed by atoms with Crippen LogP contribution in [0.1, 0.15) is 12.8 Å². The summed E-state index contributed by atoms with van der Waals surface area (Å²) in [4.78, 5) is 6.44. The molecule has 1 aliphatic rings. The second-order valence-corrected chi connectivity index (χ2v) is 10.2. The number of hydrogen-bond acceptors (Lipinski definition) is 5. The lowest BCUT2D eigenvalue weighted by Gasteiger charge is -2.33. The van der Waals surface area contributed by atoms with E-state index in [2.05, 4.69) is 26.7 Å². The number of para-hydroxylation sites is 1. The molecule has 2 heterocycles. The van der Waals surface area contributed by atoms with Crippen molar-refractivity contribution in [2.24, 2.45) is 0 Å². The number of benzene rings is 2. The predicted molar refractivity (Wildman–Crippen MR) is 129 cm³/mol. The molecule has 0 bridgehead atoms. The van der Waals surface area contributed by atoms with Crippen LogP contribution >= 0.6 is 34.8 Å². The standard InChI is InChI=1S/C22H20Cl3N3O3S/c23-15-6-7-21(19(24)12-15)32(29,30)27-16-13-20(25)22(26-14-16)31-18-8-10-28(11-9-18)17-4-2-1-3-5-17/h1-7,12-14,18,27H,8-11H2. The summed E-state index contributed by atoms with van der Waals surface area (Å²) in [7, 11) is -3.94. The van der Waals surface area contributed by atoms with E-state index in [-0.39, 0.29) is 32.6 Å². The van der Waals surface area contributed by atoms with Crippen LogP contribution < -0.4 is 14.4 Å². The molecule has 0 amide bonds. The van der Waals surface area contributed by atoms with E-state index >= 15 is 0 Å². The molecule has 1 N–H and O–H groups in total. The Bertz CT molecular complexity index is 1200. The van der Waals surface area contributed by atoms with Crippen molar-refractivity contribution < 1.29 is 13.2 Å². The number of halogens is 3. The highest BCUT2D eigenvalue weighted by atomic mass is 35.5. The van der Waals surface area contributed by atoms with Crippen molar-refractivity contribution in [2.45, 2.75) is 23.8 Å². The zero-order valence-corrected chi connectivity index (χ0v) is 19.9. The zero-order valence-electron chi connectivity index (χ0n) is 16.8. The number of rotatable bonds is 6. The summed E-state index contributed by atoms with van der Waals surface area (Å²) in [6.45, 7) is 1.73. The summed E-state index contributed by atoms with van der Waals surface area (Å²) in [5, 5.41) is 0.582. The summed E-state index contributed by atoms with van der Waals surface area (Å²) in [6.07, 6.45) is 3.00. The van der Waals surface area contributed by atoms with Crippen LogP contribution in [0.3, 0.4) is 0 Å². The van der Waals surface area contributed by atoms with E-state index in [9.17, 15) is 8.42 Å². The van der Waals surface area contributed by atoms with Gasteiger partial charge in [-0.2, -0.15) is 0 Å². The lowest BCUT2D eigenvalue weighted by molar-refractivity contribution is 0.164. The normalized spacial score (nSPS) is 14.9. The van der Waals surface area contributed by atoms with Crippen molar-refractivity contribution in [3.05, 3.63) is 75.9 Å². The van der Waals surface area contributed by atoms with Gasteiger partial charge in [-0.15, -0.1) is 0 Å². The van der Waals surface area contributed by atoms with E-state index < -0.39 is 10.0 Å². The molecule has 2 aromatic carbocycles. The second kappa shape index (κ2) is 9.75. The molecule has 6 nitrogen and oxygen atoms in total. The highest BCUT2D eigenvalue weighted by Gasteiger charge is 2.23. The van der Waals surface area contributed by atoms with Gasteiger partial charge in [0.05, 0.1) is 16.9 Å². The smallest absolute Gasteiger partial charge is 0.263 e. The number of aromatic nitrogens is 1. The third kappa shape index (κ3) is 5.41. The number of pyridine rings is 1. The van der Waals surface area contributed by atoms with E-state index in [0.29, 0.717) is 5.02 Å². The van der Waals surface area contributed by atoms with Gasteiger partial charge in [0.25, 0.3) is 10.0 Å². The van der Waals surface area contributed by atoms with E-state index in [1.165, 1.54) is 36.1 Å². The molecule has 32 heavy (non-hydrogen) atoms. The fourth-order valence-corrected chi connectivity index (χ4v) is 5.52. The molecule has 0 saturated carbocycles. The SMILES string of the molecule is O=S(=O)(Nc1cnc(OC2CCN(c3ccccc3)CC2)c(Cl)c1)c1ccc(Cl)cc1Cl. The summed E-state index contributed by atoms with van der Waals surface area (Å²) >= 11 is 18.2. The van der Waals surface area contributed by atoms with Crippen LogP contribution in [0.5, 0.6) is 5.88 Å². The van der Waals surface area contributed by atoms with Crippen molar-refractivity contribution in [3.63, 3.8) is 0 Å². The molecule has 1 saturated heterocycles. The largest absolute Gasteiger partial charge is 0.473 e. The number of sulfonamides is 1. The van der Waals surface area contributed by atoms with Crippen LogP contribution in [0.4, 0.5) is 11.4 Å². The van der Waals surface area contributed by atoms with Gasteiger partial charge in [-0.25, -0.2) is 13.4 Å². The lowest BCUT2D eigenvalue weighted by atomic mass is 10.1. The number of nitrogens with zero attached hydrogens (tertiary/aromatic N) is 2. The molecule has 1 aliphatic heterocycles. The van der Waals surface area contributed by atoms with Crippen molar-refractivity contribution in [3.8, 4) is 5.88 Å². The highest BCUT2D eigenvalue weighted by molar-refractivity contribution is 7.92. The molecule has 10 heteroatoms. The topological polar surface area (TPSA) is 71.5 Å². The molecule has 0 spiro atoms. The van der Waals surface area contributed by atoms with Gasteiger partial charge in [0.15, 0.2) is 0 Å². The molecule has 1 aromatic heterocycles.